The Labute approximate surface area is 227 Å². The first kappa shape index (κ1) is 27.8. The summed E-state index contributed by atoms with van der Waals surface area (Å²) in [4.78, 5) is 26.0. The number of hydrogen-bond acceptors (Lipinski definition) is 4. The lowest BCUT2D eigenvalue weighted by Crippen LogP contribution is -2.34. The molecule has 202 valence electrons. The third-order valence-corrected chi connectivity index (χ3v) is 8.50. The number of amides is 1. The number of carbonyl (C=O) groups is 1. The first-order valence-corrected chi connectivity index (χ1v) is 15.2. The van der Waals surface area contributed by atoms with E-state index in [2.05, 4.69) is 73.3 Å². The molecular weight excluding hydrogens is 476 g/mol. The standard InChI is InChI=1S/C31H46N4OS/c1-23(2)14-20-34(21-15-24(3)4)31(36)26-11-12-27-28(22-26)35(19-9-18-33-16-7-6-8-17-33)30(32-27)29-13-10-25(5)37-29/h10-13,22-24H,6-9,14-21H2,1-5H3. The molecule has 5 nitrogen and oxygen atoms in total. The van der Waals surface area contributed by atoms with Crippen LogP contribution in [-0.4, -0.2) is 58.0 Å². The highest BCUT2D eigenvalue weighted by molar-refractivity contribution is 7.15. The van der Waals surface area contributed by atoms with Gasteiger partial charge >= 0.3 is 0 Å². The SMILES string of the molecule is Cc1ccc(-c2nc3ccc(C(=O)N(CCC(C)C)CCC(C)C)cc3n2CCCN2CCCCC2)s1. The summed E-state index contributed by atoms with van der Waals surface area (Å²) in [6, 6.07) is 10.5. The van der Waals surface area contributed by atoms with Crippen LogP contribution in [0.2, 0.25) is 0 Å². The molecular formula is C31H46N4OS. The Balaban J connectivity index is 1.62. The zero-order valence-electron chi connectivity index (χ0n) is 23.6. The molecule has 1 saturated heterocycles. The van der Waals surface area contributed by atoms with Crippen molar-refractivity contribution in [3.63, 3.8) is 0 Å². The number of likely N-dealkylation sites (tertiary alicyclic amines) is 1. The van der Waals surface area contributed by atoms with Gasteiger partial charge in [0, 0.05) is 30.1 Å². The Bertz CT molecular complexity index is 1140. The number of hydrogen-bond donors (Lipinski definition) is 0. The van der Waals surface area contributed by atoms with E-state index in [0.29, 0.717) is 11.8 Å². The van der Waals surface area contributed by atoms with Gasteiger partial charge in [0.15, 0.2) is 5.82 Å². The molecule has 0 unspecified atom stereocenters. The molecule has 6 heteroatoms. The fraction of sp³-hybridized carbons (Fsp3) is 0.613. The molecule has 4 rings (SSSR count). The Kier molecular flexibility index (Phi) is 9.83. The Morgan fingerprint density at radius 3 is 2.30 bits per heavy atom. The number of benzene rings is 1. The molecule has 2 aromatic heterocycles. The minimum absolute atomic E-state index is 0.151. The summed E-state index contributed by atoms with van der Waals surface area (Å²) in [5.41, 5.74) is 2.84. The summed E-state index contributed by atoms with van der Waals surface area (Å²) >= 11 is 1.80. The molecule has 1 fully saturated rings. The molecule has 0 aliphatic carbocycles. The van der Waals surface area contributed by atoms with Crippen molar-refractivity contribution in [2.75, 3.05) is 32.7 Å². The van der Waals surface area contributed by atoms with Crippen LogP contribution in [0.25, 0.3) is 21.7 Å². The van der Waals surface area contributed by atoms with Crippen molar-refractivity contribution in [1.29, 1.82) is 0 Å². The number of nitrogens with zero attached hydrogens (tertiary/aromatic N) is 4. The molecule has 3 heterocycles. The van der Waals surface area contributed by atoms with E-state index in [4.69, 9.17) is 4.98 Å². The number of imidazole rings is 1. The highest BCUT2D eigenvalue weighted by Crippen LogP contribution is 2.31. The van der Waals surface area contributed by atoms with Gasteiger partial charge in [0.05, 0.1) is 15.9 Å². The van der Waals surface area contributed by atoms with Crippen LogP contribution in [0.15, 0.2) is 30.3 Å². The number of thiophene rings is 1. The monoisotopic (exact) mass is 522 g/mol. The van der Waals surface area contributed by atoms with Gasteiger partial charge in [-0.2, -0.15) is 0 Å². The molecule has 37 heavy (non-hydrogen) atoms. The van der Waals surface area contributed by atoms with Crippen molar-refractivity contribution in [3.8, 4) is 10.7 Å². The van der Waals surface area contributed by atoms with Crippen LogP contribution in [0.1, 0.15) is 81.5 Å². The maximum absolute atomic E-state index is 13.7. The van der Waals surface area contributed by atoms with E-state index >= 15 is 0 Å². The number of aromatic nitrogens is 2. The molecule has 1 amide bonds. The summed E-state index contributed by atoms with van der Waals surface area (Å²) in [5.74, 6) is 2.34. The zero-order valence-corrected chi connectivity index (χ0v) is 24.4. The molecule has 1 aromatic carbocycles. The van der Waals surface area contributed by atoms with Crippen molar-refractivity contribution < 1.29 is 4.79 Å². The highest BCUT2D eigenvalue weighted by atomic mass is 32.1. The minimum atomic E-state index is 0.151. The lowest BCUT2D eigenvalue weighted by atomic mass is 10.1. The molecule has 0 radical (unpaired) electrons. The highest BCUT2D eigenvalue weighted by Gasteiger charge is 2.20. The smallest absolute Gasteiger partial charge is 0.253 e. The molecule has 0 N–H and O–H groups in total. The number of piperidine rings is 1. The van der Waals surface area contributed by atoms with Gasteiger partial charge in [-0.05, 0) is 101 Å². The van der Waals surface area contributed by atoms with Crippen LogP contribution < -0.4 is 0 Å². The second-order valence-corrected chi connectivity index (χ2v) is 12.9. The number of fused-ring (bicyclic) bond motifs is 1. The molecule has 1 aliphatic rings. The molecule has 0 bridgehead atoms. The number of aryl methyl sites for hydroxylation is 2. The number of carbonyl (C=O) groups excluding carboxylic acids is 1. The Morgan fingerprint density at radius 2 is 1.68 bits per heavy atom. The number of rotatable bonds is 12. The largest absolute Gasteiger partial charge is 0.339 e. The molecule has 0 spiro atoms. The van der Waals surface area contributed by atoms with E-state index in [1.807, 2.05) is 6.07 Å². The van der Waals surface area contributed by atoms with E-state index in [1.54, 1.807) is 11.3 Å². The first-order valence-electron chi connectivity index (χ1n) is 14.4. The lowest BCUT2D eigenvalue weighted by molar-refractivity contribution is 0.0741. The predicted octanol–water partition coefficient (Wildman–Crippen LogP) is 7.48. The van der Waals surface area contributed by atoms with Crippen molar-refractivity contribution in [2.45, 2.75) is 79.7 Å². The van der Waals surface area contributed by atoms with Crippen LogP contribution in [0.3, 0.4) is 0 Å². The van der Waals surface area contributed by atoms with Crippen LogP contribution in [0.4, 0.5) is 0 Å². The normalized spacial score (nSPS) is 14.8. The van der Waals surface area contributed by atoms with Crippen LogP contribution in [-0.2, 0) is 6.54 Å². The summed E-state index contributed by atoms with van der Waals surface area (Å²) in [6.07, 6.45) is 7.17. The predicted molar refractivity (Wildman–Crippen MR) is 158 cm³/mol. The molecule has 1 aliphatic heterocycles. The summed E-state index contributed by atoms with van der Waals surface area (Å²) in [6.45, 7) is 17.2. The lowest BCUT2D eigenvalue weighted by Gasteiger charge is -2.26. The first-order chi connectivity index (χ1) is 17.8. The summed E-state index contributed by atoms with van der Waals surface area (Å²) in [5, 5.41) is 0. The molecule has 0 atom stereocenters. The van der Waals surface area contributed by atoms with Gasteiger partial charge in [-0.25, -0.2) is 4.98 Å². The zero-order chi connectivity index (χ0) is 26.4. The fourth-order valence-electron chi connectivity index (χ4n) is 5.19. The average Bonchev–Trinajstić information content (AvgIpc) is 3.47. The van der Waals surface area contributed by atoms with Gasteiger partial charge in [0.25, 0.3) is 5.91 Å². The van der Waals surface area contributed by atoms with Crippen LogP contribution >= 0.6 is 11.3 Å². The van der Waals surface area contributed by atoms with Crippen LogP contribution in [0, 0.1) is 18.8 Å². The van der Waals surface area contributed by atoms with Crippen molar-refractivity contribution >= 4 is 28.3 Å². The summed E-state index contributed by atoms with van der Waals surface area (Å²) < 4.78 is 2.37. The van der Waals surface area contributed by atoms with E-state index < -0.39 is 0 Å². The van der Waals surface area contributed by atoms with Crippen molar-refractivity contribution in [2.24, 2.45) is 11.8 Å². The van der Waals surface area contributed by atoms with Gasteiger partial charge in [-0.1, -0.05) is 34.1 Å². The van der Waals surface area contributed by atoms with E-state index in [0.717, 1.165) is 67.9 Å². The van der Waals surface area contributed by atoms with Gasteiger partial charge in [0.2, 0.25) is 0 Å². The average molecular weight is 523 g/mol. The third kappa shape index (κ3) is 7.44. The van der Waals surface area contributed by atoms with Crippen LogP contribution in [0.5, 0.6) is 0 Å². The van der Waals surface area contributed by atoms with E-state index in [9.17, 15) is 4.79 Å². The van der Waals surface area contributed by atoms with E-state index in [-0.39, 0.29) is 5.91 Å². The Hall–Kier alpha value is -2.18. The quantitative estimate of drug-likeness (QED) is 0.247. The second kappa shape index (κ2) is 13.1. The van der Waals surface area contributed by atoms with Gasteiger partial charge in [-0.3, -0.25) is 4.79 Å². The van der Waals surface area contributed by atoms with Crippen molar-refractivity contribution in [1.82, 2.24) is 19.4 Å². The van der Waals surface area contributed by atoms with Crippen molar-refractivity contribution in [3.05, 3.63) is 40.8 Å². The topological polar surface area (TPSA) is 41.4 Å². The second-order valence-electron chi connectivity index (χ2n) is 11.6. The third-order valence-electron chi connectivity index (χ3n) is 7.50. The van der Waals surface area contributed by atoms with E-state index in [1.165, 1.54) is 42.1 Å². The van der Waals surface area contributed by atoms with Gasteiger partial charge in [0.1, 0.15) is 0 Å². The van der Waals surface area contributed by atoms with Gasteiger partial charge < -0.3 is 14.4 Å². The summed E-state index contributed by atoms with van der Waals surface area (Å²) in [7, 11) is 0. The maximum Gasteiger partial charge on any atom is 0.253 e. The molecule has 0 saturated carbocycles. The molecule has 3 aromatic rings. The fourth-order valence-corrected chi connectivity index (χ4v) is 6.05. The maximum atomic E-state index is 13.7. The Morgan fingerprint density at radius 1 is 0.973 bits per heavy atom. The van der Waals surface area contributed by atoms with Gasteiger partial charge in [-0.15, -0.1) is 11.3 Å². The minimum Gasteiger partial charge on any atom is -0.339 e.